The smallest absolute Gasteiger partial charge is 0.254 e. The van der Waals surface area contributed by atoms with Gasteiger partial charge >= 0.3 is 0 Å². The molecule has 114 valence electrons. The molecule has 1 heterocycles. The average molecular weight is 336 g/mol. The fraction of sp³-hybridized carbons (Fsp3) is 0.188. The topological polar surface area (TPSA) is 58.6 Å². The van der Waals surface area contributed by atoms with Crippen LogP contribution in [-0.2, 0) is 4.79 Å². The van der Waals surface area contributed by atoms with Crippen molar-refractivity contribution in [3.8, 4) is 5.75 Å². The van der Waals surface area contributed by atoms with E-state index in [0.29, 0.717) is 10.7 Å². The van der Waals surface area contributed by atoms with Gasteiger partial charge in [-0.25, -0.2) is 0 Å². The van der Waals surface area contributed by atoms with Gasteiger partial charge < -0.3 is 15.2 Å². The van der Waals surface area contributed by atoms with Gasteiger partial charge in [-0.05, 0) is 35.9 Å². The third kappa shape index (κ3) is 2.92. The number of benzene rings is 2. The molecule has 0 aliphatic carbocycles. The molecular weight excluding hydrogens is 322 g/mol. The zero-order valence-corrected chi connectivity index (χ0v) is 13.3. The van der Waals surface area contributed by atoms with Gasteiger partial charge in [0.05, 0.1) is 18.0 Å². The van der Waals surface area contributed by atoms with Crippen molar-refractivity contribution in [2.45, 2.75) is 16.2 Å². The highest BCUT2D eigenvalue weighted by Gasteiger charge is 2.32. The van der Waals surface area contributed by atoms with E-state index in [1.165, 1.54) is 11.8 Å². The second-order valence-electron chi connectivity index (χ2n) is 4.89. The van der Waals surface area contributed by atoms with Crippen LogP contribution in [0.15, 0.2) is 47.4 Å². The third-order valence-corrected chi connectivity index (χ3v) is 5.08. The number of fused-ring (bicyclic) bond motifs is 1. The highest BCUT2D eigenvalue weighted by molar-refractivity contribution is 7.99. The third-order valence-electron chi connectivity index (χ3n) is 3.45. The van der Waals surface area contributed by atoms with Gasteiger partial charge in [-0.3, -0.25) is 4.79 Å². The summed E-state index contributed by atoms with van der Waals surface area (Å²) in [6.07, 6.45) is -1.15. The number of aliphatic hydroxyl groups excluding tert-OH is 1. The van der Waals surface area contributed by atoms with E-state index in [4.69, 9.17) is 16.3 Å². The summed E-state index contributed by atoms with van der Waals surface area (Å²) in [5.74, 6) is 0.294. The summed E-state index contributed by atoms with van der Waals surface area (Å²) in [5, 5.41) is 13.2. The van der Waals surface area contributed by atoms with E-state index >= 15 is 0 Å². The van der Waals surface area contributed by atoms with E-state index in [-0.39, 0.29) is 0 Å². The Morgan fingerprint density at radius 1 is 1.23 bits per heavy atom. The number of carbonyl (C=O) groups excluding carboxylic acids is 1. The largest absolute Gasteiger partial charge is 0.497 e. The van der Waals surface area contributed by atoms with E-state index in [0.717, 1.165) is 16.2 Å². The van der Waals surface area contributed by atoms with Crippen molar-refractivity contribution >= 4 is 35.0 Å². The normalized spacial score (nSPS) is 20.8. The first-order valence-corrected chi connectivity index (χ1v) is 7.93. The number of methoxy groups -OCH3 is 1. The number of halogens is 1. The van der Waals surface area contributed by atoms with Gasteiger partial charge in [0.2, 0.25) is 0 Å². The number of hydrogen-bond donors (Lipinski definition) is 2. The maximum atomic E-state index is 12.2. The summed E-state index contributed by atoms with van der Waals surface area (Å²) in [6.45, 7) is 0. The lowest BCUT2D eigenvalue weighted by atomic mass is 10.1. The molecule has 0 unspecified atom stereocenters. The van der Waals surface area contributed by atoms with Crippen molar-refractivity contribution in [1.82, 2.24) is 0 Å². The summed E-state index contributed by atoms with van der Waals surface area (Å²) in [5.41, 5.74) is 1.48. The number of amides is 1. The number of rotatable bonds is 2. The Labute approximate surface area is 137 Å². The predicted octanol–water partition coefficient (Wildman–Crippen LogP) is 3.50. The highest BCUT2D eigenvalue weighted by atomic mass is 35.5. The lowest BCUT2D eigenvalue weighted by Crippen LogP contribution is -2.30. The van der Waals surface area contributed by atoms with Crippen LogP contribution < -0.4 is 10.1 Å². The second-order valence-corrected chi connectivity index (χ2v) is 6.51. The van der Waals surface area contributed by atoms with Crippen molar-refractivity contribution in [3.05, 3.63) is 53.1 Å². The number of hydrogen-bond acceptors (Lipinski definition) is 4. The van der Waals surface area contributed by atoms with E-state index in [9.17, 15) is 9.90 Å². The van der Waals surface area contributed by atoms with Crippen LogP contribution in [0.2, 0.25) is 5.02 Å². The van der Waals surface area contributed by atoms with Crippen LogP contribution in [0.4, 0.5) is 5.69 Å². The van der Waals surface area contributed by atoms with Crippen LogP contribution in [0.25, 0.3) is 0 Å². The minimum absolute atomic E-state index is 0.395. The van der Waals surface area contributed by atoms with E-state index < -0.39 is 17.3 Å². The Hall–Kier alpha value is -1.69. The number of ether oxygens (including phenoxy) is 1. The molecule has 2 N–H and O–H groups in total. The molecule has 2 aromatic rings. The Bertz CT molecular complexity index is 705. The zero-order valence-electron chi connectivity index (χ0n) is 11.7. The minimum Gasteiger partial charge on any atom is -0.497 e. The molecule has 0 bridgehead atoms. The molecule has 1 aliphatic heterocycles. The molecule has 0 saturated heterocycles. The first kappa shape index (κ1) is 15.2. The second kappa shape index (κ2) is 6.20. The molecule has 0 radical (unpaired) electrons. The van der Waals surface area contributed by atoms with Gasteiger partial charge in [-0.15, -0.1) is 11.8 Å². The van der Waals surface area contributed by atoms with Crippen molar-refractivity contribution in [2.75, 3.05) is 12.4 Å². The summed E-state index contributed by atoms with van der Waals surface area (Å²) < 4.78 is 5.14. The van der Waals surface area contributed by atoms with Crippen molar-refractivity contribution < 1.29 is 14.6 Å². The molecule has 1 aliphatic rings. The Morgan fingerprint density at radius 3 is 2.64 bits per heavy atom. The molecule has 3 rings (SSSR count). The standard InChI is InChI=1S/C16H14ClNO3S/c1-21-11-5-2-9(3-6-11)15-14(19)16(20)18-12-8-10(17)4-7-13(12)22-15/h2-8,14-15,19H,1H3,(H,18,20)/t14-,15-/m0/s1. The zero-order chi connectivity index (χ0) is 15.7. The summed E-state index contributed by atoms with van der Waals surface area (Å²) in [6, 6.07) is 12.6. The summed E-state index contributed by atoms with van der Waals surface area (Å²) in [7, 11) is 1.59. The molecule has 0 saturated carbocycles. The Morgan fingerprint density at radius 2 is 1.95 bits per heavy atom. The fourth-order valence-corrected chi connectivity index (χ4v) is 3.67. The van der Waals surface area contributed by atoms with Crippen molar-refractivity contribution in [3.63, 3.8) is 0 Å². The number of anilines is 1. The number of aliphatic hydroxyl groups is 1. The molecule has 0 fully saturated rings. The van der Waals surface area contributed by atoms with Gasteiger partial charge in [-0.1, -0.05) is 23.7 Å². The molecule has 4 nitrogen and oxygen atoms in total. The van der Waals surface area contributed by atoms with Crippen LogP contribution in [0.5, 0.6) is 5.75 Å². The monoisotopic (exact) mass is 335 g/mol. The molecular formula is C16H14ClNO3S. The molecule has 2 aromatic carbocycles. The van der Waals surface area contributed by atoms with Crippen LogP contribution in [0.3, 0.4) is 0 Å². The summed E-state index contributed by atoms with van der Waals surface area (Å²) >= 11 is 7.40. The first-order valence-electron chi connectivity index (χ1n) is 6.67. The van der Waals surface area contributed by atoms with E-state index in [2.05, 4.69) is 5.32 Å². The SMILES string of the molecule is COc1ccc([C@@H]2Sc3ccc(Cl)cc3NC(=O)[C@H]2O)cc1. The van der Waals surface area contributed by atoms with Crippen molar-refractivity contribution in [1.29, 1.82) is 0 Å². The predicted molar refractivity (Wildman–Crippen MR) is 87.7 cm³/mol. The van der Waals surface area contributed by atoms with E-state index in [1.807, 2.05) is 30.3 Å². The van der Waals surface area contributed by atoms with Gasteiger partial charge in [0.15, 0.2) is 0 Å². The van der Waals surface area contributed by atoms with Crippen LogP contribution in [-0.4, -0.2) is 24.2 Å². The molecule has 0 spiro atoms. The first-order chi connectivity index (χ1) is 10.6. The maximum Gasteiger partial charge on any atom is 0.254 e. The molecule has 22 heavy (non-hydrogen) atoms. The Kier molecular flexibility index (Phi) is 4.29. The number of carbonyl (C=O) groups is 1. The van der Waals surface area contributed by atoms with Crippen LogP contribution in [0, 0.1) is 0 Å². The maximum absolute atomic E-state index is 12.2. The highest BCUT2D eigenvalue weighted by Crippen LogP contribution is 2.44. The van der Waals surface area contributed by atoms with Gasteiger partial charge in [0, 0.05) is 9.92 Å². The van der Waals surface area contributed by atoms with Gasteiger partial charge in [0.1, 0.15) is 11.9 Å². The molecule has 2 atom stereocenters. The molecule has 6 heteroatoms. The number of thioether (sulfide) groups is 1. The lowest BCUT2D eigenvalue weighted by molar-refractivity contribution is -0.124. The lowest BCUT2D eigenvalue weighted by Gasteiger charge is -2.19. The molecule has 1 amide bonds. The average Bonchev–Trinajstić information content (AvgIpc) is 2.65. The van der Waals surface area contributed by atoms with Crippen molar-refractivity contribution in [2.24, 2.45) is 0 Å². The van der Waals surface area contributed by atoms with Gasteiger partial charge in [-0.2, -0.15) is 0 Å². The minimum atomic E-state index is -1.15. The van der Waals surface area contributed by atoms with Gasteiger partial charge in [0.25, 0.3) is 5.91 Å². The Balaban J connectivity index is 1.99. The number of nitrogens with one attached hydrogen (secondary N) is 1. The van der Waals surface area contributed by atoms with Crippen LogP contribution >= 0.6 is 23.4 Å². The van der Waals surface area contributed by atoms with Crippen LogP contribution in [0.1, 0.15) is 10.8 Å². The molecule has 0 aromatic heterocycles. The summed E-state index contributed by atoms with van der Waals surface area (Å²) in [4.78, 5) is 13.0. The fourth-order valence-electron chi connectivity index (χ4n) is 2.29. The quantitative estimate of drug-likeness (QED) is 0.882. The van der Waals surface area contributed by atoms with E-state index in [1.54, 1.807) is 19.2 Å².